The van der Waals surface area contributed by atoms with Crippen LogP contribution in [0.1, 0.15) is 41.6 Å². The number of benzene rings is 2. The van der Waals surface area contributed by atoms with Crippen LogP contribution in [0.3, 0.4) is 0 Å². The lowest BCUT2D eigenvalue weighted by Gasteiger charge is -2.11. The Labute approximate surface area is 164 Å². The van der Waals surface area contributed by atoms with Gasteiger partial charge in [-0.15, -0.1) is 0 Å². The fraction of sp³-hybridized carbons (Fsp3) is 0.381. The van der Waals surface area contributed by atoms with Crippen molar-refractivity contribution in [3.8, 4) is 5.75 Å². The van der Waals surface area contributed by atoms with E-state index in [0.29, 0.717) is 29.5 Å². The van der Waals surface area contributed by atoms with Crippen LogP contribution >= 0.6 is 23.4 Å². The summed E-state index contributed by atoms with van der Waals surface area (Å²) in [4.78, 5) is 12.3. The summed E-state index contributed by atoms with van der Waals surface area (Å²) in [6.45, 7) is 1.08. The Morgan fingerprint density at radius 1 is 1.15 bits per heavy atom. The summed E-state index contributed by atoms with van der Waals surface area (Å²) in [5.74, 6) is 1.58. The lowest BCUT2D eigenvalue weighted by Crippen LogP contribution is -2.26. The number of hydrogen-bond acceptors (Lipinski definition) is 3. The van der Waals surface area contributed by atoms with E-state index in [1.165, 1.54) is 25.7 Å². The molecule has 0 heterocycles. The summed E-state index contributed by atoms with van der Waals surface area (Å²) in [5.41, 5.74) is 1.54. The third-order valence-electron chi connectivity index (χ3n) is 4.49. The molecule has 0 atom stereocenters. The summed E-state index contributed by atoms with van der Waals surface area (Å²) in [6, 6.07) is 14.9. The summed E-state index contributed by atoms with van der Waals surface area (Å²) < 4.78 is 5.79. The van der Waals surface area contributed by atoms with E-state index in [2.05, 4.69) is 5.32 Å². The number of ether oxygens (including phenoxy) is 1. The highest BCUT2D eigenvalue weighted by Gasteiger charge is 2.15. The van der Waals surface area contributed by atoms with Crippen LogP contribution in [-0.4, -0.2) is 23.5 Å². The number of carbonyl (C=O) groups is 1. The van der Waals surface area contributed by atoms with E-state index in [9.17, 15) is 4.79 Å². The Bertz CT molecular complexity index is 731. The van der Waals surface area contributed by atoms with E-state index in [4.69, 9.17) is 16.3 Å². The third-order valence-corrected chi connectivity index (χ3v) is 6.24. The summed E-state index contributed by atoms with van der Waals surface area (Å²) in [5, 5.41) is 4.46. The molecule has 1 fully saturated rings. The van der Waals surface area contributed by atoms with Crippen molar-refractivity contribution in [2.24, 2.45) is 0 Å². The van der Waals surface area contributed by atoms with E-state index >= 15 is 0 Å². The predicted molar refractivity (Wildman–Crippen MR) is 109 cm³/mol. The van der Waals surface area contributed by atoms with E-state index in [0.717, 1.165) is 16.6 Å². The molecule has 5 heteroatoms. The predicted octanol–water partition coefficient (Wildman–Crippen LogP) is 5.32. The number of nitrogens with one attached hydrogen (secondary N) is 1. The first kappa shape index (κ1) is 19.1. The zero-order valence-corrected chi connectivity index (χ0v) is 16.3. The largest absolute Gasteiger partial charge is 0.489 e. The fourth-order valence-corrected chi connectivity index (χ4v) is 4.46. The van der Waals surface area contributed by atoms with Gasteiger partial charge in [0.05, 0.1) is 0 Å². The number of amides is 1. The Balaban J connectivity index is 1.46. The van der Waals surface area contributed by atoms with Crippen LogP contribution in [0.25, 0.3) is 0 Å². The van der Waals surface area contributed by atoms with Crippen LogP contribution in [0.15, 0.2) is 48.5 Å². The molecule has 26 heavy (non-hydrogen) atoms. The Hall–Kier alpha value is -1.65. The summed E-state index contributed by atoms with van der Waals surface area (Å²) >= 11 is 8.12. The number of carbonyl (C=O) groups excluding carboxylic acids is 1. The second-order valence-electron chi connectivity index (χ2n) is 6.44. The summed E-state index contributed by atoms with van der Waals surface area (Å²) in [7, 11) is 0. The maximum Gasteiger partial charge on any atom is 0.251 e. The van der Waals surface area contributed by atoms with Crippen molar-refractivity contribution in [1.82, 2.24) is 5.32 Å². The first-order valence-electron chi connectivity index (χ1n) is 9.08. The van der Waals surface area contributed by atoms with E-state index < -0.39 is 0 Å². The molecule has 0 radical (unpaired) electrons. The molecule has 3 rings (SSSR count). The van der Waals surface area contributed by atoms with E-state index in [-0.39, 0.29) is 5.91 Å². The van der Waals surface area contributed by atoms with Gasteiger partial charge in [0.2, 0.25) is 0 Å². The second kappa shape index (κ2) is 9.89. The smallest absolute Gasteiger partial charge is 0.251 e. The minimum atomic E-state index is -0.0554. The Morgan fingerprint density at radius 3 is 2.77 bits per heavy atom. The van der Waals surface area contributed by atoms with Crippen molar-refractivity contribution < 1.29 is 9.53 Å². The molecule has 0 aromatic heterocycles. The molecule has 0 aliphatic heterocycles. The lowest BCUT2D eigenvalue weighted by atomic mass is 10.2. The van der Waals surface area contributed by atoms with Gasteiger partial charge in [-0.3, -0.25) is 4.79 Å². The lowest BCUT2D eigenvalue weighted by molar-refractivity contribution is 0.0955. The SMILES string of the molecule is O=C(NCCSC1CCCC1)c1cccc(OCc2ccccc2Cl)c1. The van der Waals surface area contributed by atoms with Crippen molar-refractivity contribution in [2.45, 2.75) is 37.5 Å². The molecular formula is C21H24ClNO2S. The maximum atomic E-state index is 12.3. The van der Waals surface area contributed by atoms with E-state index in [1.807, 2.05) is 54.2 Å². The Kier molecular flexibility index (Phi) is 7.27. The molecule has 1 aliphatic rings. The van der Waals surface area contributed by atoms with Gasteiger partial charge in [0, 0.05) is 33.7 Å². The molecule has 3 nitrogen and oxygen atoms in total. The number of rotatable bonds is 8. The van der Waals surface area contributed by atoms with Crippen LogP contribution in [0.4, 0.5) is 0 Å². The molecule has 2 aromatic carbocycles. The van der Waals surface area contributed by atoms with Crippen LogP contribution < -0.4 is 10.1 Å². The van der Waals surface area contributed by atoms with Crippen LogP contribution in [0, 0.1) is 0 Å². The molecule has 0 unspecified atom stereocenters. The minimum absolute atomic E-state index is 0.0554. The van der Waals surface area contributed by atoms with Gasteiger partial charge >= 0.3 is 0 Å². The van der Waals surface area contributed by atoms with Gasteiger partial charge in [0.15, 0.2) is 0 Å². The molecule has 1 N–H and O–H groups in total. The Morgan fingerprint density at radius 2 is 1.96 bits per heavy atom. The van der Waals surface area contributed by atoms with Crippen LogP contribution in [0.5, 0.6) is 5.75 Å². The molecule has 0 spiro atoms. The molecule has 2 aromatic rings. The van der Waals surface area contributed by atoms with Crippen LogP contribution in [0.2, 0.25) is 5.02 Å². The molecule has 1 amide bonds. The van der Waals surface area contributed by atoms with Crippen molar-refractivity contribution in [1.29, 1.82) is 0 Å². The average molecular weight is 390 g/mol. The molecule has 0 saturated heterocycles. The quantitative estimate of drug-likeness (QED) is 0.620. The highest BCUT2D eigenvalue weighted by Crippen LogP contribution is 2.28. The van der Waals surface area contributed by atoms with Gasteiger partial charge in [0.25, 0.3) is 5.91 Å². The van der Waals surface area contributed by atoms with Gasteiger partial charge < -0.3 is 10.1 Å². The highest BCUT2D eigenvalue weighted by atomic mass is 35.5. The molecule has 1 saturated carbocycles. The minimum Gasteiger partial charge on any atom is -0.489 e. The normalized spacial score (nSPS) is 14.3. The van der Waals surface area contributed by atoms with Gasteiger partial charge in [-0.2, -0.15) is 11.8 Å². The van der Waals surface area contributed by atoms with Crippen molar-refractivity contribution in [3.63, 3.8) is 0 Å². The number of thioether (sulfide) groups is 1. The maximum absolute atomic E-state index is 12.3. The van der Waals surface area contributed by atoms with Gasteiger partial charge in [-0.1, -0.05) is 48.7 Å². The topological polar surface area (TPSA) is 38.3 Å². The van der Waals surface area contributed by atoms with Crippen LogP contribution in [-0.2, 0) is 6.61 Å². The first-order chi connectivity index (χ1) is 12.7. The molecular weight excluding hydrogens is 366 g/mol. The first-order valence-corrected chi connectivity index (χ1v) is 10.5. The zero-order valence-electron chi connectivity index (χ0n) is 14.7. The van der Waals surface area contributed by atoms with Gasteiger partial charge in [-0.25, -0.2) is 0 Å². The summed E-state index contributed by atoms with van der Waals surface area (Å²) in [6.07, 6.45) is 5.35. The standard InChI is InChI=1S/C21H24ClNO2S/c22-20-11-4-1-6-17(20)15-25-18-8-5-7-16(14-18)21(24)23-12-13-26-19-9-2-3-10-19/h1,4-8,11,14,19H,2-3,9-10,12-13,15H2,(H,23,24). The second-order valence-corrected chi connectivity index (χ2v) is 8.26. The monoisotopic (exact) mass is 389 g/mol. The number of halogens is 1. The number of hydrogen-bond donors (Lipinski definition) is 1. The van der Waals surface area contributed by atoms with Gasteiger partial charge in [-0.05, 0) is 37.1 Å². The molecule has 1 aliphatic carbocycles. The third kappa shape index (κ3) is 5.68. The van der Waals surface area contributed by atoms with Crippen molar-refractivity contribution >= 4 is 29.3 Å². The van der Waals surface area contributed by atoms with Gasteiger partial charge in [0.1, 0.15) is 12.4 Å². The average Bonchev–Trinajstić information content (AvgIpc) is 3.18. The van der Waals surface area contributed by atoms with E-state index in [1.54, 1.807) is 6.07 Å². The van der Waals surface area contributed by atoms with Crippen molar-refractivity contribution in [3.05, 3.63) is 64.7 Å². The molecule has 138 valence electrons. The van der Waals surface area contributed by atoms with Crippen molar-refractivity contribution in [2.75, 3.05) is 12.3 Å². The molecule has 0 bridgehead atoms. The highest BCUT2D eigenvalue weighted by molar-refractivity contribution is 7.99. The zero-order chi connectivity index (χ0) is 18.2. The fourth-order valence-electron chi connectivity index (χ4n) is 3.05.